The van der Waals surface area contributed by atoms with Crippen molar-refractivity contribution in [1.29, 1.82) is 0 Å². The van der Waals surface area contributed by atoms with Crippen molar-refractivity contribution in [3.8, 4) is 0 Å². The average molecular weight is 344 g/mol. The van der Waals surface area contributed by atoms with Crippen LogP contribution < -0.4 is 0 Å². The number of likely N-dealkylation sites (N-methyl/N-ethyl adjacent to an activating group) is 1. The summed E-state index contributed by atoms with van der Waals surface area (Å²) in [6, 6.07) is 11.0. The van der Waals surface area contributed by atoms with Crippen LogP contribution in [-0.4, -0.2) is 59.1 Å². The quantitative estimate of drug-likeness (QED) is 0.827. The first-order valence-corrected chi connectivity index (χ1v) is 9.82. The standard InChI is InChI=1S/C21H32N2O2/c1-3-22(16(2)25)14-19-21(18-11-5-4-6-12-18)20(15-24)23(19)13-17-9-7-8-10-17/h4-6,11-12,17,19-21,24H,3,7-10,13-15H2,1-2H3/t19-,20+,21-/m1/s1. The Morgan fingerprint density at radius 1 is 1.20 bits per heavy atom. The molecular weight excluding hydrogens is 312 g/mol. The molecule has 3 rings (SSSR count). The lowest BCUT2D eigenvalue weighted by molar-refractivity contribution is -0.132. The molecule has 25 heavy (non-hydrogen) atoms. The number of rotatable bonds is 7. The summed E-state index contributed by atoms with van der Waals surface area (Å²) in [5.41, 5.74) is 1.29. The fourth-order valence-electron chi connectivity index (χ4n) is 4.84. The minimum atomic E-state index is 0.141. The molecule has 2 fully saturated rings. The van der Waals surface area contributed by atoms with E-state index in [-0.39, 0.29) is 18.6 Å². The molecule has 1 amide bonds. The first kappa shape index (κ1) is 18.4. The zero-order valence-electron chi connectivity index (χ0n) is 15.6. The molecule has 138 valence electrons. The van der Waals surface area contributed by atoms with Gasteiger partial charge in [0.15, 0.2) is 0 Å². The molecule has 1 aliphatic heterocycles. The molecule has 1 saturated carbocycles. The molecule has 1 heterocycles. The predicted octanol–water partition coefficient (Wildman–Crippen LogP) is 2.87. The summed E-state index contributed by atoms with van der Waals surface area (Å²) < 4.78 is 0. The van der Waals surface area contributed by atoms with Crippen LogP contribution in [0.3, 0.4) is 0 Å². The number of nitrogens with zero attached hydrogens (tertiary/aromatic N) is 2. The Hall–Kier alpha value is -1.39. The van der Waals surface area contributed by atoms with Crippen LogP contribution in [0.15, 0.2) is 30.3 Å². The van der Waals surface area contributed by atoms with Crippen LogP contribution in [0.25, 0.3) is 0 Å². The van der Waals surface area contributed by atoms with E-state index in [1.165, 1.54) is 31.2 Å². The molecule has 2 aliphatic rings. The van der Waals surface area contributed by atoms with Crippen molar-refractivity contribution in [1.82, 2.24) is 9.80 Å². The SMILES string of the molecule is CCN(C[C@@H]1[C@@H](c2ccccc2)[C@H](CO)N1CC1CCCC1)C(C)=O. The number of aliphatic hydroxyl groups is 1. The third-order valence-electron chi connectivity index (χ3n) is 6.23. The molecule has 0 radical (unpaired) electrons. The van der Waals surface area contributed by atoms with Crippen molar-refractivity contribution in [2.75, 3.05) is 26.2 Å². The van der Waals surface area contributed by atoms with Crippen LogP contribution in [0, 0.1) is 5.92 Å². The second-order valence-electron chi connectivity index (χ2n) is 7.66. The third kappa shape index (κ3) is 3.90. The van der Waals surface area contributed by atoms with Crippen LogP contribution in [-0.2, 0) is 4.79 Å². The Labute approximate surface area is 151 Å². The molecule has 0 unspecified atom stereocenters. The molecule has 3 atom stereocenters. The Bertz CT molecular complexity index is 556. The number of carbonyl (C=O) groups is 1. The number of carbonyl (C=O) groups excluding carboxylic acids is 1. The van der Waals surface area contributed by atoms with Crippen LogP contribution in [0.5, 0.6) is 0 Å². The Balaban J connectivity index is 1.80. The molecule has 1 aliphatic carbocycles. The van der Waals surface area contributed by atoms with Crippen molar-refractivity contribution < 1.29 is 9.90 Å². The van der Waals surface area contributed by atoms with Crippen molar-refractivity contribution >= 4 is 5.91 Å². The van der Waals surface area contributed by atoms with E-state index in [1.807, 2.05) is 17.9 Å². The summed E-state index contributed by atoms with van der Waals surface area (Å²) in [6.07, 6.45) is 5.29. The second-order valence-corrected chi connectivity index (χ2v) is 7.66. The maximum absolute atomic E-state index is 12.0. The van der Waals surface area contributed by atoms with Gasteiger partial charge in [-0.05, 0) is 31.2 Å². The van der Waals surface area contributed by atoms with Gasteiger partial charge in [0.25, 0.3) is 0 Å². The van der Waals surface area contributed by atoms with Crippen molar-refractivity contribution in [3.63, 3.8) is 0 Å². The summed E-state index contributed by atoms with van der Waals surface area (Å²) >= 11 is 0. The molecule has 0 spiro atoms. The topological polar surface area (TPSA) is 43.8 Å². The molecule has 1 aromatic rings. The molecule has 4 heteroatoms. The summed E-state index contributed by atoms with van der Waals surface area (Å²) in [5, 5.41) is 10.1. The van der Waals surface area contributed by atoms with E-state index in [2.05, 4.69) is 29.2 Å². The van der Waals surface area contributed by atoms with E-state index in [9.17, 15) is 9.90 Å². The lowest BCUT2D eigenvalue weighted by atomic mass is 9.74. The number of hydrogen-bond acceptors (Lipinski definition) is 3. The molecule has 1 N–H and O–H groups in total. The lowest BCUT2D eigenvalue weighted by Crippen LogP contribution is -2.67. The fourth-order valence-corrected chi connectivity index (χ4v) is 4.84. The summed E-state index contributed by atoms with van der Waals surface area (Å²) in [4.78, 5) is 16.4. The number of amides is 1. The van der Waals surface area contributed by atoms with Crippen LogP contribution in [0.4, 0.5) is 0 Å². The lowest BCUT2D eigenvalue weighted by Gasteiger charge is -2.57. The highest BCUT2D eigenvalue weighted by molar-refractivity contribution is 5.73. The maximum Gasteiger partial charge on any atom is 0.219 e. The van der Waals surface area contributed by atoms with Crippen LogP contribution >= 0.6 is 0 Å². The first-order chi connectivity index (χ1) is 12.2. The average Bonchev–Trinajstić information content (AvgIpc) is 3.12. The van der Waals surface area contributed by atoms with Crippen molar-refractivity contribution in [2.45, 2.75) is 57.5 Å². The van der Waals surface area contributed by atoms with Gasteiger partial charge in [-0.3, -0.25) is 9.69 Å². The van der Waals surface area contributed by atoms with E-state index in [1.54, 1.807) is 6.92 Å². The van der Waals surface area contributed by atoms with Gasteiger partial charge in [-0.15, -0.1) is 0 Å². The minimum Gasteiger partial charge on any atom is -0.395 e. The molecule has 0 bridgehead atoms. The van der Waals surface area contributed by atoms with E-state index < -0.39 is 0 Å². The van der Waals surface area contributed by atoms with Gasteiger partial charge < -0.3 is 10.0 Å². The van der Waals surface area contributed by atoms with Gasteiger partial charge in [-0.25, -0.2) is 0 Å². The first-order valence-electron chi connectivity index (χ1n) is 9.82. The minimum absolute atomic E-state index is 0.141. The van der Waals surface area contributed by atoms with Crippen LogP contribution in [0.1, 0.15) is 51.0 Å². The van der Waals surface area contributed by atoms with E-state index in [0.717, 1.165) is 25.6 Å². The van der Waals surface area contributed by atoms with Gasteiger partial charge >= 0.3 is 0 Å². The number of benzene rings is 1. The Morgan fingerprint density at radius 3 is 2.44 bits per heavy atom. The van der Waals surface area contributed by atoms with Crippen molar-refractivity contribution in [3.05, 3.63) is 35.9 Å². The Kier molecular flexibility index (Phi) is 6.13. The van der Waals surface area contributed by atoms with Crippen LogP contribution in [0.2, 0.25) is 0 Å². The van der Waals surface area contributed by atoms with Gasteiger partial charge in [0.05, 0.1) is 6.61 Å². The summed E-state index contributed by atoms with van der Waals surface area (Å²) in [5.74, 6) is 1.20. The van der Waals surface area contributed by atoms with Gasteiger partial charge in [-0.2, -0.15) is 0 Å². The summed E-state index contributed by atoms with van der Waals surface area (Å²) in [6.45, 7) is 6.46. The summed E-state index contributed by atoms with van der Waals surface area (Å²) in [7, 11) is 0. The highest BCUT2D eigenvalue weighted by atomic mass is 16.3. The second kappa shape index (κ2) is 8.33. The number of hydrogen-bond donors (Lipinski definition) is 1. The molecular formula is C21H32N2O2. The monoisotopic (exact) mass is 344 g/mol. The van der Waals surface area contributed by atoms with E-state index in [0.29, 0.717) is 12.0 Å². The molecule has 4 nitrogen and oxygen atoms in total. The molecule has 1 aromatic carbocycles. The van der Waals surface area contributed by atoms with Gasteiger partial charge in [0.1, 0.15) is 0 Å². The van der Waals surface area contributed by atoms with Crippen molar-refractivity contribution in [2.24, 2.45) is 5.92 Å². The van der Waals surface area contributed by atoms with E-state index >= 15 is 0 Å². The number of likely N-dealkylation sites (tertiary alicyclic amines) is 1. The highest BCUT2D eigenvalue weighted by Crippen LogP contribution is 2.42. The zero-order chi connectivity index (χ0) is 17.8. The van der Waals surface area contributed by atoms with E-state index in [4.69, 9.17) is 0 Å². The van der Waals surface area contributed by atoms with Gasteiger partial charge in [-0.1, -0.05) is 43.2 Å². The predicted molar refractivity (Wildman–Crippen MR) is 100 cm³/mol. The molecule has 1 saturated heterocycles. The largest absolute Gasteiger partial charge is 0.395 e. The number of aliphatic hydroxyl groups excluding tert-OH is 1. The Morgan fingerprint density at radius 2 is 1.88 bits per heavy atom. The maximum atomic E-state index is 12.0. The normalized spacial score (nSPS) is 27.2. The smallest absolute Gasteiger partial charge is 0.219 e. The highest BCUT2D eigenvalue weighted by Gasteiger charge is 2.49. The third-order valence-corrected chi connectivity index (χ3v) is 6.23. The van der Waals surface area contributed by atoms with Gasteiger partial charge in [0.2, 0.25) is 5.91 Å². The fraction of sp³-hybridized carbons (Fsp3) is 0.667. The zero-order valence-corrected chi connectivity index (χ0v) is 15.6. The molecule has 0 aromatic heterocycles. The van der Waals surface area contributed by atoms with Gasteiger partial charge in [0, 0.05) is 44.6 Å².